The maximum absolute atomic E-state index is 13.0. The molecule has 0 amide bonds. The number of benzene rings is 1. The van der Waals surface area contributed by atoms with E-state index in [-0.39, 0.29) is 5.95 Å². The van der Waals surface area contributed by atoms with E-state index in [1.165, 1.54) is 32.6 Å². The van der Waals surface area contributed by atoms with Gasteiger partial charge in [0.25, 0.3) is 0 Å². The average molecular weight is 472 g/mol. The number of nitrogens with one attached hydrogen (secondary N) is 1. The normalized spacial score (nSPS) is 12.9. The molecular formula is C22H25N5O5S. The van der Waals surface area contributed by atoms with Crippen LogP contribution in [-0.4, -0.2) is 58.8 Å². The summed E-state index contributed by atoms with van der Waals surface area (Å²) in [5.41, 5.74) is 1.88. The number of aryl methyl sites for hydroxylation is 1. The van der Waals surface area contributed by atoms with Crippen molar-refractivity contribution < 1.29 is 23.0 Å². The summed E-state index contributed by atoms with van der Waals surface area (Å²) in [5.74, 6) is 5.98. The average Bonchev–Trinajstić information content (AvgIpc) is 3.20. The molecule has 11 heteroatoms. The fourth-order valence-corrected chi connectivity index (χ4v) is 4.11. The van der Waals surface area contributed by atoms with E-state index in [0.717, 1.165) is 5.56 Å². The van der Waals surface area contributed by atoms with Gasteiger partial charge in [-0.05, 0) is 44.5 Å². The van der Waals surface area contributed by atoms with Gasteiger partial charge in [-0.3, -0.25) is 14.3 Å². The van der Waals surface area contributed by atoms with Crippen molar-refractivity contribution >= 4 is 16.0 Å². The Bertz CT molecular complexity index is 1290. The Balaban J connectivity index is 2.25. The zero-order valence-electron chi connectivity index (χ0n) is 18.9. The number of hydrogen-bond donors (Lipinski definition) is 2. The highest BCUT2D eigenvalue weighted by atomic mass is 32.2. The molecule has 2 aromatic heterocycles. The molecule has 0 saturated carbocycles. The van der Waals surface area contributed by atoms with Gasteiger partial charge in [-0.1, -0.05) is 12.0 Å². The van der Waals surface area contributed by atoms with Crippen LogP contribution in [0.3, 0.4) is 0 Å². The van der Waals surface area contributed by atoms with Crippen molar-refractivity contribution in [1.29, 1.82) is 0 Å². The van der Waals surface area contributed by atoms with Crippen LogP contribution in [0, 0.1) is 18.8 Å². The summed E-state index contributed by atoms with van der Waals surface area (Å²) in [6, 6.07) is 7.00. The second kappa shape index (κ2) is 9.89. The molecule has 0 aliphatic carbocycles. The number of methoxy groups -OCH3 is 2. The molecule has 33 heavy (non-hydrogen) atoms. The number of hydrogen-bond acceptors (Lipinski definition) is 8. The van der Waals surface area contributed by atoms with Gasteiger partial charge in [-0.2, -0.15) is 0 Å². The zero-order valence-corrected chi connectivity index (χ0v) is 19.7. The standard InChI is InChI=1S/C22H25N5O5S/c1-6-8-17(28)15(3)33(29,30)26-22-25-24-21(16-11-14(2)12-23-13-16)27(22)20-18(31-4)9-7-10-19(20)32-5/h7,9-13,15,17,28H,1-5H3,(H,25,26). The minimum atomic E-state index is -4.10. The Morgan fingerprint density at radius 1 is 1.15 bits per heavy atom. The number of aromatic nitrogens is 4. The highest BCUT2D eigenvalue weighted by Gasteiger charge is 2.31. The van der Waals surface area contributed by atoms with Crippen molar-refractivity contribution in [3.63, 3.8) is 0 Å². The van der Waals surface area contributed by atoms with Crippen molar-refractivity contribution in [2.75, 3.05) is 18.9 Å². The van der Waals surface area contributed by atoms with Crippen molar-refractivity contribution in [3.8, 4) is 40.4 Å². The third kappa shape index (κ3) is 4.92. The number of para-hydroxylation sites is 1. The molecule has 0 bridgehead atoms. The van der Waals surface area contributed by atoms with E-state index < -0.39 is 21.4 Å². The lowest BCUT2D eigenvalue weighted by Crippen LogP contribution is -2.35. The number of nitrogens with zero attached hydrogens (tertiary/aromatic N) is 4. The van der Waals surface area contributed by atoms with E-state index in [0.29, 0.717) is 28.6 Å². The molecular weight excluding hydrogens is 446 g/mol. The van der Waals surface area contributed by atoms with Crippen LogP contribution in [0.1, 0.15) is 19.4 Å². The number of aliphatic hydroxyl groups is 1. The molecule has 2 heterocycles. The summed E-state index contributed by atoms with van der Waals surface area (Å²) in [5, 5.41) is 17.2. The predicted molar refractivity (Wildman–Crippen MR) is 124 cm³/mol. The molecule has 2 unspecified atom stereocenters. The first-order chi connectivity index (χ1) is 15.7. The molecule has 174 valence electrons. The molecule has 0 aliphatic heterocycles. The monoisotopic (exact) mass is 471 g/mol. The van der Waals surface area contributed by atoms with Crippen LogP contribution in [0.4, 0.5) is 5.95 Å². The van der Waals surface area contributed by atoms with Gasteiger partial charge in [0.2, 0.25) is 16.0 Å². The molecule has 2 N–H and O–H groups in total. The van der Waals surface area contributed by atoms with Gasteiger partial charge >= 0.3 is 0 Å². The van der Waals surface area contributed by atoms with Gasteiger partial charge in [0.05, 0.1) is 14.2 Å². The third-order valence-corrected chi connectivity index (χ3v) is 6.59. The van der Waals surface area contributed by atoms with Crippen LogP contribution in [0.2, 0.25) is 0 Å². The first-order valence-electron chi connectivity index (χ1n) is 9.94. The van der Waals surface area contributed by atoms with Crippen molar-refractivity contribution in [2.45, 2.75) is 32.1 Å². The van der Waals surface area contributed by atoms with Crippen molar-refractivity contribution in [3.05, 3.63) is 42.2 Å². The van der Waals surface area contributed by atoms with Crippen LogP contribution in [0.5, 0.6) is 11.5 Å². The van der Waals surface area contributed by atoms with Crippen LogP contribution in [0.25, 0.3) is 17.1 Å². The van der Waals surface area contributed by atoms with E-state index in [9.17, 15) is 13.5 Å². The molecule has 3 aromatic rings. The second-order valence-electron chi connectivity index (χ2n) is 7.14. The summed E-state index contributed by atoms with van der Waals surface area (Å²) in [6.45, 7) is 4.75. The van der Waals surface area contributed by atoms with Crippen LogP contribution < -0.4 is 14.2 Å². The molecule has 1 aromatic carbocycles. The summed E-state index contributed by atoms with van der Waals surface area (Å²) >= 11 is 0. The number of rotatable bonds is 8. The highest BCUT2D eigenvalue weighted by Crippen LogP contribution is 2.37. The maximum atomic E-state index is 13.0. The molecule has 3 rings (SSSR count). The van der Waals surface area contributed by atoms with Crippen LogP contribution >= 0.6 is 0 Å². The quantitative estimate of drug-likeness (QED) is 0.479. The van der Waals surface area contributed by atoms with E-state index in [4.69, 9.17) is 9.47 Å². The summed E-state index contributed by atoms with van der Waals surface area (Å²) in [6.07, 6.45) is 1.90. The molecule has 2 atom stereocenters. The fraction of sp³-hybridized carbons (Fsp3) is 0.318. The minimum absolute atomic E-state index is 0.113. The van der Waals surface area contributed by atoms with E-state index in [1.807, 2.05) is 13.0 Å². The van der Waals surface area contributed by atoms with Gasteiger partial charge < -0.3 is 14.6 Å². The van der Waals surface area contributed by atoms with Gasteiger partial charge in [-0.15, -0.1) is 16.1 Å². The predicted octanol–water partition coefficient (Wildman–Crippen LogP) is 2.17. The molecule has 0 aliphatic rings. The molecule has 10 nitrogen and oxygen atoms in total. The molecule has 0 fully saturated rings. The number of pyridine rings is 1. The number of aliphatic hydroxyl groups excluding tert-OH is 1. The van der Waals surface area contributed by atoms with E-state index in [2.05, 4.69) is 31.7 Å². The first-order valence-corrected chi connectivity index (χ1v) is 11.5. The van der Waals surface area contributed by atoms with Gasteiger partial charge in [-0.25, -0.2) is 8.42 Å². The Hall–Kier alpha value is -3.62. The largest absolute Gasteiger partial charge is 0.494 e. The summed E-state index contributed by atoms with van der Waals surface area (Å²) in [7, 11) is -1.13. The lowest BCUT2D eigenvalue weighted by Gasteiger charge is -2.19. The summed E-state index contributed by atoms with van der Waals surface area (Å²) < 4.78 is 41.0. The van der Waals surface area contributed by atoms with Gasteiger partial charge in [0.15, 0.2) is 5.82 Å². The molecule has 0 radical (unpaired) electrons. The Morgan fingerprint density at radius 2 is 1.82 bits per heavy atom. The highest BCUT2D eigenvalue weighted by molar-refractivity contribution is 7.93. The van der Waals surface area contributed by atoms with Gasteiger partial charge in [0, 0.05) is 18.0 Å². The SMILES string of the molecule is CC#CC(O)C(C)S(=O)(=O)Nc1nnc(-c2cncc(C)c2)n1-c1c(OC)cccc1OC. The minimum Gasteiger partial charge on any atom is -0.494 e. The van der Waals surface area contributed by atoms with Crippen LogP contribution in [-0.2, 0) is 10.0 Å². The Labute approximate surface area is 192 Å². The Morgan fingerprint density at radius 3 is 2.39 bits per heavy atom. The van der Waals surface area contributed by atoms with E-state index in [1.54, 1.807) is 30.6 Å². The number of sulfonamides is 1. The maximum Gasteiger partial charge on any atom is 0.243 e. The second-order valence-corrected chi connectivity index (χ2v) is 9.17. The lowest BCUT2D eigenvalue weighted by molar-refractivity contribution is 0.230. The Kier molecular flexibility index (Phi) is 7.20. The zero-order chi connectivity index (χ0) is 24.2. The van der Waals surface area contributed by atoms with E-state index >= 15 is 0 Å². The first kappa shape index (κ1) is 24.0. The lowest BCUT2D eigenvalue weighted by atomic mass is 10.2. The van der Waals surface area contributed by atoms with Crippen molar-refractivity contribution in [1.82, 2.24) is 19.7 Å². The summed E-state index contributed by atoms with van der Waals surface area (Å²) in [4.78, 5) is 4.21. The van der Waals surface area contributed by atoms with Crippen LogP contribution in [0.15, 0.2) is 36.7 Å². The molecule has 0 saturated heterocycles. The fourth-order valence-electron chi connectivity index (χ4n) is 3.13. The number of ether oxygens (including phenoxy) is 2. The van der Waals surface area contributed by atoms with Crippen molar-refractivity contribution in [2.24, 2.45) is 0 Å². The number of anilines is 1. The third-order valence-electron chi connectivity index (χ3n) is 4.88. The topological polar surface area (TPSA) is 128 Å². The smallest absolute Gasteiger partial charge is 0.243 e. The molecule has 0 spiro atoms. The van der Waals surface area contributed by atoms with Gasteiger partial charge in [0.1, 0.15) is 28.5 Å².